The molecule has 0 bridgehead atoms. The molecular weight excluding hydrogens is 401 g/mol. The minimum absolute atomic E-state index is 0.0287. The Morgan fingerprint density at radius 1 is 1.05 bits per heavy atom. The van der Waals surface area contributed by atoms with E-state index < -0.39 is 22.3 Å². The molecule has 0 saturated heterocycles. The fourth-order valence-electron chi connectivity index (χ4n) is 1.76. The number of benzene rings is 2. The summed E-state index contributed by atoms with van der Waals surface area (Å²) in [7, 11) is 1.53. The highest BCUT2D eigenvalue weighted by molar-refractivity contribution is 9.10. The molecule has 1 atom stereocenters. The van der Waals surface area contributed by atoms with Crippen molar-refractivity contribution in [2.45, 2.75) is 4.83 Å². The van der Waals surface area contributed by atoms with Crippen LogP contribution in [0.25, 0.3) is 0 Å². The third-order valence-electron chi connectivity index (χ3n) is 2.81. The third-order valence-corrected chi connectivity index (χ3v) is 4.45. The maximum Gasteiger partial charge on any atom is 0.194 e. The first kappa shape index (κ1) is 15.4. The van der Waals surface area contributed by atoms with Gasteiger partial charge in [0.25, 0.3) is 0 Å². The van der Waals surface area contributed by atoms with Gasteiger partial charge in [0, 0.05) is 5.56 Å². The Balaban J connectivity index is 2.44. The molecule has 2 aromatic carbocycles. The first-order valence-corrected chi connectivity index (χ1v) is 7.27. The lowest BCUT2D eigenvalue weighted by atomic mass is 10.0. The lowest BCUT2D eigenvalue weighted by Crippen LogP contribution is -2.01. The van der Waals surface area contributed by atoms with Gasteiger partial charge in [0.15, 0.2) is 17.5 Å². The Hall–Kier alpha value is -1.01. The zero-order valence-corrected chi connectivity index (χ0v) is 13.4. The summed E-state index contributed by atoms with van der Waals surface area (Å²) in [5, 5.41) is 0. The van der Waals surface area contributed by atoms with Crippen molar-refractivity contribution in [2.75, 3.05) is 7.11 Å². The van der Waals surface area contributed by atoms with Crippen molar-refractivity contribution in [1.29, 1.82) is 0 Å². The van der Waals surface area contributed by atoms with Crippen LogP contribution in [0.1, 0.15) is 16.0 Å². The van der Waals surface area contributed by atoms with E-state index in [9.17, 15) is 13.2 Å². The molecule has 0 amide bonds. The molecule has 0 saturated carbocycles. The van der Waals surface area contributed by atoms with E-state index >= 15 is 0 Å². The predicted octanol–water partition coefficient (Wildman–Crippen LogP) is 5.36. The first-order chi connectivity index (χ1) is 9.45. The Bertz CT molecular complexity index is 647. The summed E-state index contributed by atoms with van der Waals surface area (Å²) in [5.74, 6) is -3.25. The lowest BCUT2D eigenvalue weighted by Gasteiger charge is -2.14. The van der Waals surface area contributed by atoms with Crippen LogP contribution in [0.2, 0.25) is 0 Å². The maximum absolute atomic E-state index is 13.8. The molecule has 0 aromatic heterocycles. The average Bonchev–Trinajstić information content (AvgIpc) is 2.44. The average molecular weight is 410 g/mol. The van der Waals surface area contributed by atoms with E-state index in [1.165, 1.54) is 13.2 Å². The summed E-state index contributed by atoms with van der Waals surface area (Å²) in [6.07, 6.45) is 0. The van der Waals surface area contributed by atoms with Gasteiger partial charge in [-0.1, -0.05) is 28.1 Å². The van der Waals surface area contributed by atoms with E-state index in [2.05, 4.69) is 31.9 Å². The molecule has 1 nitrogen and oxygen atoms in total. The Morgan fingerprint density at radius 2 is 1.75 bits per heavy atom. The third kappa shape index (κ3) is 2.86. The topological polar surface area (TPSA) is 9.23 Å². The van der Waals surface area contributed by atoms with Crippen molar-refractivity contribution in [2.24, 2.45) is 0 Å². The molecule has 0 fully saturated rings. The minimum atomic E-state index is -1.47. The van der Waals surface area contributed by atoms with Gasteiger partial charge in [-0.05, 0) is 39.7 Å². The van der Waals surface area contributed by atoms with Crippen LogP contribution in [-0.4, -0.2) is 7.11 Å². The van der Waals surface area contributed by atoms with Gasteiger partial charge in [-0.25, -0.2) is 13.2 Å². The number of rotatable bonds is 3. The van der Waals surface area contributed by atoms with E-state index in [1.807, 2.05) is 0 Å². The van der Waals surface area contributed by atoms with Gasteiger partial charge < -0.3 is 4.74 Å². The SMILES string of the molecule is COc1ccc(C(Br)c2ccc(F)c(F)c2F)cc1Br. The number of alkyl halides is 1. The molecule has 1 unspecified atom stereocenters. The van der Waals surface area contributed by atoms with E-state index in [0.717, 1.165) is 6.07 Å². The summed E-state index contributed by atoms with van der Waals surface area (Å²) in [6.45, 7) is 0. The fraction of sp³-hybridized carbons (Fsp3) is 0.143. The van der Waals surface area contributed by atoms with Gasteiger partial charge in [0.1, 0.15) is 5.75 Å². The largest absolute Gasteiger partial charge is 0.496 e. The van der Waals surface area contributed by atoms with Crippen molar-refractivity contribution in [3.05, 3.63) is 63.4 Å². The molecule has 0 heterocycles. The summed E-state index contributed by atoms with van der Waals surface area (Å²) >= 11 is 6.61. The van der Waals surface area contributed by atoms with Gasteiger partial charge in [-0.3, -0.25) is 0 Å². The molecule has 0 aliphatic heterocycles. The van der Waals surface area contributed by atoms with E-state index in [4.69, 9.17) is 4.74 Å². The highest BCUT2D eigenvalue weighted by Crippen LogP contribution is 2.37. The number of methoxy groups -OCH3 is 1. The Labute approximate surface area is 131 Å². The number of hydrogen-bond donors (Lipinski definition) is 0. The smallest absolute Gasteiger partial charge is 0.194 e. The van der Waals surface area contributed by atoms with Gasteiger partial charge in [0.05, 0.1) is 16.4 Å². The normalized spacial score (nSPS) is 12.3. The summed E-state index contributed by atoms with van der Waals surface area (Å²) < 4.78 is 45.7. The van der Waals surface area contributed by atoms with Crippen molar-refractivity contribution in [3.8, 4) is 5.75 Å². The quantitative estimate of drug-likeness (QED) is 0.489. The zero-order valence-electron chi connectivity index (χ0n) is 10.3. The lowest BCUT2D eigenvalue weighted by molar-refractivity contribution is 0.412. The van der Waals surface area contributed by atoms with Crippen LogP contribution < -0.4 is 4.74 Å². The van der Waals surface area contributed by atoms with Crippen molar-refractivity contribution >= 4 is 31.9 Å². The number of hydrogen-bond acceptors (Lipinski definition) is 1. The minimum Gasteiger partial charge on any atom is -0.496 e. The second kappa shape index (κ2) is 6.18. The highest BCUT2D eigenvalue weighted by Gasteiger charge is 2.20. The van der Waals surface area contributed by atoms with Crippen LogP contribution in [-0.2, 0) is 0 Å². The maximum atomic E-state index is 13.8. The molecule has 0 radical (unpaired) electrons. The second-order valence-electron chi connectivity index (χ2n) is 4.02. The van der Waals surface area contributed by atoms with E-state index in [1.54, 1.807) is 18.2 Å². The van der Waals surface area contributed by atoms with Crippen molar-refractivity contribution in [1.82, 2.24) is 0 Å². The van der Waals surface area contributed by atoms with Crippen LogP contribution in [0.5, 0.6) is 5.75 Å². The van der Waals surface area contributed by atoms with Crippen LogP contribution in [0.4, 0.5) is 13.2 Å². The molecule has 0 aliphatic carbocycles. The van der Waals surface area contributed by atoms with Crippen LogP contribution in [0.3, 0.4) is 0 Å². The first-order valence-electron chi connectivity index (χ1n) is 5.56. The van der Waals surface area contributed by atoms with E-state index in [0.29, 0.717) is 15.8 Å². The predicted molar refractivity (Wildman–Crippen MR) is 77.8 cm³/mol. The molecule has 106 valence electrons. The van der Waals surface area contributed by atoms with Crippen LogP contribution in [0, 0.1) is 17.5 Å². The molecule has 2 rings (SSSR count). The fourth-order valence-corrected chi connectivity index (χ4v) is 2.95. The molecular formula is C14H9Br2F3O. The molecule has 0 spiro atoms. The van der Waals surface area contributed by atoms with Crippen molar-refractivity contribution in [3.63, 3.8) is 0 Å². The van der Waals surface area contributed by atoms with Crippen LogP contribution >= 0.6 is 31.9 Å². The molecule has 6 heteroatoms. The molecule has 2 aromatic rings. The number of ether oxygens (including phenoxy) is 1. The standard InChI is InChI=1S/C14H9Br2F3O/c1-20-11-5-2-7(6-9(11)15)12(16)8-3-4-10(17)14(19)13(8)18/h2-6,12H,1H3. The highest BCUT2D eigenvalue weighted by atomic mass is 79.9. The van der Waals surface area contributed by atoms with Gasteiger partial charge in [-0.15, -0.1) is 0 Å². The van der Waals surface area contributed by atoms with Crippen LogP contribution in [0.15, 0.2) is 34.8 Å². The van der Waals surface area contributed by atoms with Gasteiger partial charge in [-0.2, -0.15) is 0 Å². The molecule has 20 heavy (non-hydrogen) atoms. The summed E-state index contributed by atoms with van der Waals surface area (Å²) in [6, 6.07) is 7.25. The Morgan fingerprint density at radius 3 is 2.35 bits per heavy atom. The summed E-state index contributed by atoms with van der Waals surface area (Å²) in [4.78, 5) is -0.597. The zero-order chi connectivity index (χ0) is 14.9. The van der Waals surface area contributed by atoms with Gasteiger partial charge in [0.2, 0.25) is 0 Å². The molecule has 0 N–H and O–H groups in total. The van der Waals surface area contributed by atoms with E-state index in [-0.39, 0.29) is 5.56 Å². The Kier molecular flexibility index (Phi) is 4.75. The number of halogens is 5. The van der Waals surface area contributed by atoms with Gasteiger partial charge >= 0.3 is 0 Å². The molecule has 0 aliphatic rings. The monoisotopic (exact) mass is 408 g/mol. The summed E-state index contributed by atoms with van der Waals surface area (Å²) in [5.41, 5.74) is 0.712. The van der Waals surface area contributed by atoms with Crippen molar-refractivity contribution < 1.29 is 17.9 Å². The second-order valence-corrected chi connectivity index (χ2v) is 5.79.